The van der Waals surface area contributed by atoms with Gasteiger partial charge >= 0.3 is 0 Å². The first-order valence-corrected chi connectivity index (χ1v) is 8.28. The van der Waals surface area contributed by atoms with Gasteiger partial charge in [0, 0.05) is 13.0 Å². The Morgan fingerprint density at radius 1 is 1.11 bits per heavy atom. The number of unbranched alkanes of at least 4 members (excludes halogenated alkanes) is 3. The van der Waals surface area contributed by atoms with Crippen LogP contribution in [-0.2, 0) is 9.53 Å². The monoisotopic (exact) mass is 268 g/mol. The van der Waals surface area contributed by atoms with Gasteiger partial charge in [0.05, 0.1) is 0 Å². The van der Waals surface area contributed by atoms with Gasteiger partial charge in [0.1, 0.15) is 6.61 Å². The first-order valence-electron chi connectivity index (χ1n) is 8.28. The fourth-order valence-electron chi connectivity index (χ4n) is 2.82. The highest BCUT2D eigenvalue weighted by Crippen LogP contribution is 2.24. The lowest BCUT2D eigenvalue weighted by atomic mass is 10.0. The van der Waals surface area contributed by atoms with Crippen molar-refractivity contribution in [2.24, 2.45) is 11.8 Å². The summed E-state index contributed by atoms with van der Waals surface area (Å²) < 4.78 is 5.54. The molecule has 0 heterocycles. The minimum Gasteiger partial charge on any atom is -0.373 e. The SMILES string of the molecule is CC(C)CCCCCCC(=O)COCC1CCCC1. The number of hydrogen-bond acceptors (Lipinski definition) is 2. The van der Waals surface area contributed by atoms with Gasteiger partial charge in [-0.25, -0.2) is 0 Å². The Labute approximate surface area is 119 Å². The van der Waals surface area contributed by atoms with Crippen molar-refractivity contribution in [1.29, 1.82) is 0 Å². The Hall–Kier alpha value is -0.370. The molecule has 0 atom stereocenters. The van der Waals surface area contributed by atoms with E-state index in [0.29, 0.717) is 18.8 Å². The smallest absolute Gasteiger partial charge is 0.158 e. The van der Waals surface area contributed by atoms with E-state index in [1.54, 1.807) is 0 Å². The summed E-state index contributed by atoms with van der Waals surface area (Å²) in [4.78, 5) is 11.6. The van der Waals surface area contributed by atoms with Crippen molar-refractivity contribution < 1.29 is 9.53 Å². The zero-order valence-electron chi connectivity index (χ0n) is 13.0. The molecule has 1 saturated carbocycles. The molecule has 0 aromatic carbocycles. The lowest BCUT2D eigenvalue weighted by molar-refractivity contribution is -0.124. The molecule has 0 N–H and O–H groups in total. The number of ketones is 1. The third-order valence-electron chi connectivity index (χ3n) is 4.08. The first-order chi connectivity index (χ1) is 9.18. The van der Waals surface area contributed by atoms with Crippen LogP contribution in [0.2, 0.25) is 0 Å². The fraction of sp³-hybridized carbons (Fsp3) is 0.941. The number of ether oxygens (including phenoxy) is 1. The number of carbonyl (C=O) groups excluding carboxylic acids is 1. The van der Waals surface area contributed by atoms with Crippen molar-refractivity contribution in [2.45, 2.75) is 78.1 Å². The zero-order chi connectivity index (χ0) is 13.9. The first kappa shape index (κ1) is 16.7. The van der Waals surface area contributed by atoms with Crippen LogP contribution in [0.3, 0.4) is 0 Å². The topological polar surface area (TPSA) is 26.3 Å². The van der Waals surface area contributed by atoms with Gasteiger partial charge in [-0.05, 0) is 31.1 Å². The molecule has 0 amide bonds. The van der Waals surface area contributed by atoms with Crippen molar-refractivity contribution in [3.05, 3.63) is 0 Å². The van der Waals surface area contributed by atoms with Gasteiger partial charge in [-0.3, -0.25) is 4.79 Å². The Morgan fingerprint density at radius 2 is 1.79 bits per heavy atom. The van der Waals surface area contributed by atoms with Crippen LogP contribution in [0, 0.1) is 11.8 Å². The predicted molar refractivity (Wildman–Crippen MR) is 80.3 cm³/mol. The molecule has 2 nitrogen and oxygen atoms in total. The molecule has 1 aliphatic carbocycles. The normalized spacial score (nSPS) is 16.4. The molecule has 0 aromatic heterocycles. The van der Waals surface area contributed by atoms with Crippen LogP contribution in [-0.4, -0.2) is 19.0 Å². The second-order valence-corrected chi connectivity index (χ2v) is 6.55. The quantitative estimate of drug-likeness (QED) is 0.505. The van der Waals surface area contributed by atoms with E-state index in [0.717, 1.165) is 24.9 Å². The summed E-state index contributed by atoms with van der Waals surface area (Å²) >= 11 is 0. The largest absolute Gasteiger partial charge is 0.373 e. The molecule has 0 spiro atoms. The predicted octanol–water partition coefficient (Wildman–Crippen LogP) is 4.76. The average Bonchev–Trinajstić information content (AvgIpc) is 2.86. The molecule has 19 heavy (non-hydrogen) atoms. The Balaban J connectivity index is 1.84. The van der Waals surface area contributed by atoms with E-state index in [9.17, 15) is 4.79 Å². The van der Waals surface area contributed by atoms with Crippen LogP contribution < -0.4 is 0 Å². The second kappa shape index (κ2) is 10.4. The summed E-state index contributed by atoms with van der Waals surface area (Å²) in [5.41, 5.74) is 0. The van der Waals surface area contributed by atoms with Gasteiger partial charge in [0.25, 0.3) is 0 Å². The van der Waals surface area contributed by atoms with Crippen molar-refractivity contribution >= 4 is 5.78 Å². The van der Waals surface area contributed by atoms with Crippen LogP contribution in [0.4, 0.5) is 0 Å². The fourth-order valence-corrected chi connectivity index (χ4v) is 2.82. The van der Waals surface area contributed by atoms with Crippen LogP contribution in [0.5, 0.6) is 0 Å². The standard InChI is InChI=1S/C17H32O2/c1-15(2)9-5-3-4-6-12-17(18)14-19-13-16-10-7-8-11-16/h15-16H,3-14H2,1-2H3. The third kappa shape index (κ3) is 9.21. The van der Waals surface area contributed by atoms with Gasteiger partial charge in [-0.2, -0.15) is 0 Å². The number of hydrogen-bond donors (Lipinski definition) is 0. The molecule has 0 unspecified atom stereocenters. The highest BCUT2D eigenvalue weighted by atomic mass is 16.5. The molecular formula is C17H32O2. The molecule has 112 valence electrons. The number of Topliss-reactive ketones (excluding diaryl/α,β-unsaturated/α-hetero) is 1. The maximum atomic E-state index is 11.6. The molecule has 1 aliphatic rings. The van der Waals surface area contributed by atoms with Crippen LogP contribution in [0.25, 0.3) is 0 Å². The average molecular weight is 268 g/mol. The summed E-state index contributed by atoms with van der Waals surface area (Å²) in [5.74, 6) is 1.83. The Bertz CT molecular complexity index is 229. The lowest BCUT2D eigenvalue weighted by Crippen LogP contribution is -2.13. The molecule has 2 heteroatoms. The summed E-state index contributed by atoms with van der Waals surface area (Å²) in [5, 5.41) is 0. The van der Waals surface area contributed by atoms with E-state index in [-0.39, 0.29) is 0 Å². The van der Waals surface area contributed by atoms with Gasteiger partial charge in [-0.1, -0.05) is 52.4 Å². The summed E-state index contributed by atoms with van der Waals surface area (Å²) in [6.45, 7) is 5.69. The second-order valence-electron chi connectivity index (χ2n) is 6.55. The summed E-state index contributed by atoms with van der Waals surface area (Å²) in [7, 11) is 0. The minimum absolute atomic E-state index is 0.293. The molecular weight excluding hydrogens is 236 g/mol. The third-order valence-corrected chi connectivity index (χ3v) is 4.08. The summed E-state index contributed by atoms with van der Waals surface area (Å²) in [6.07, 6.45) is 12.1. The van der Waals surface area contributed by atoms with E-state index in [1.165, 1.54) is 51.4 Å². The van der Waals surface area contributed by atoms with Crippen molar-refractivity contribution in [1.82, 2.24) is 0 Å². The molecule has 0 saturated heterocycles. The lowest BCUT2D eigenvalue weighted by Gasteiger charge is -2.09. The van der Waals surface area contributed by atoms with Crippen molar-refractivity contribution in [3.8, 4) is 0 Å². The maximum absolute atomic E-state index is 11.6. The van der Waals surface area contributed by atoms with Gasteiger partial charge in [0.15, 0.2) is 5.78 Å². The molecule has 0 aromatic rings. The van der Waals surface area contributed by atoms with Crippen molar-refractivity contribution in [2.75, 3.05) is 13.2 Å². The number of rotatable bonds is 11. The molecule has 0 radical (unpaired) electrons. The van der Waals surface area contributed by atoms with Crippen LogP contribution >= 0.6 is 0 Å². The van der Waals surface area contributed by atoms with Crippen LogP contribution in [0.1, 0.15) is 78.1 Å². The highest BCUT2D eigenvalue weighted by Gasteiger charge is 2.15. The van der Waals surface area contributed by atoms with E-state index >= 15 is 0 Å². The van der Waals surface area contributed by atoms with E-state index in [4.69, 9.17) is 4.74 Å². The number of carbonyl (C=O) groups is 1. The maximum Gasteiger partial charge on any atom is 0.158 e. The van der Waals surface area contributed by atoms with Crippen molar-refractivity contribution in [3.63, 3.8) is 0 Å². The minimum atomic E-state index is 0.293. The van der Waals surface area contributed by atoms with E-state index in [1.807, 2.05) is 0 Å². The van der Waals surface area contributed by atoms with E-state index in [2.05, 4.69) is 13.8 Å². The van der Waals surface area contributed by atoms with Gasteiger partial charge in [-0.15, -0.1) is 0 Å². The van der Waals surface area contributed by atoms with Gasteiger partial charge in [0.2, 0.25) is 0 Å². The molecule has 0 bridgehead atoms. The molecule has 1 fully saturated rings. The molecule has 1 rings (SSSR count). The van der Waals surface area contributed by atoms with Gasteiger partial charge < -0.3 is 4.74 Å². The Morgan fingerprint density at radius 3 is 2.47 bits per heavy atom. The summed E-state index contributed by atoms with van der Waals surface area (Å²) in [6, 6.07) is 0. The molecule has 0 aliphatic heterocycles. The zero-order valence-corrected chi connectivity index (χ0v) is 13.0. The van der Waals surface area contributed by atoms with E-state index < -0.39 is 0 Å². The highest BCUT2D eigenvalue weighted by molar-refractivity contribution is 5.79. The van der Waals surface area contributed by atoms with Crippen LogP contribution in [0.15, 0.2) is 0 Å². The Kier molecular flexibility index (Phi) is 9.15.